The van der Waals surface area contributed by atoms with E-state index in [0.717, 1.165) is 29.9 Å². The third-order valence-corrected chi connectivity index (χ3v) is 4.96. The highest BCUT2D eigenvalue weighted by Crippen LogP contribution is 2.30. The van der Waals surface area contributed by atoms with Gasteiger partial charge in [0.15, 0.2) is 0 Å². The van der Waals surface area contributed by atoms with Crippen molar-refractivity contribution in [2.45, 2.75) is 42.7 Å². The molecule has 1 aromatic heterocycles. The number of aliphatic hydroxyl groups excluding tert-OH is 1. The van der Waals surface area contributed by atoms with E-state index in [1.807, 2.05) is 0 Å². The topological polar surface area (TPSA) is 122 Å². The zero-order chi connectivity index (χ0) is 14.8. The van der Waals surface area contributed by atoms with Crippen LogP contribution >= 0.6 is 0 Å². The summed E-state index contributed by atoms with van der Waals surface area (Å²) in [4.78, 5) is 10.4. The van der Waals surface area contributed by atoms with Gasteiger partial charge in [-0.3, -0.25) is 9.48 Å². The third kappa shape index (κ3) is 3.17. The van der Waals surface area contributed by atoms with Gasteiger partial charge in [-0.1, -0.05) is 12.8 Å². The number of rotatable bonds is 6. The first-order valence-corrected chi connectivity index (χ1v) is 7.74. The average Bonchev–Trinajstić information content (AvgIpc) is 2.98. The fraction of sp³-hybridized carbons (Fsp3) is 0.636. The Morgan fingerprint density at radius 3 is 2.65 bits per heavy atom. The molecule has 1 aliphatic carbocycles. The van der Waals surface area contributed by atoms with Crippen molar-refractivity contribution in [2.75, 3.05) is 6.61 Å². The lowest BCUT2D eigenvalue weighted by Crippen LogP contribution is -2.48. The largest absolute Gasteiger partial charge is 0.480 e. The molecule has 0 saturated heterocycles. The van der Waals surface area contributed by atoms with Gasteiger partial charge in [-0.05, 0) is 12.8 Å². The van der Waals surface area contributed by atoms with E-state index in [1.54, 1.807) is 0 Å². The smallest absolute Gasteiger partial charge is 0.325 e. The van der Waals surface area contributed by atoms with Gasteiger partial charge in [-0.25, -0.2) is 13.1 Å². The molecule has 0 radical (unpaired) electrons. The number of carboxylic acids is 1. The van der Waals surface area contributed by atoms with E-state index >= 15 is 0 Å². The Bertz CT molecular complexity index is 589. The molecule has 1 aliphatic rings. The van der Waals surface area contributed by atoms with Crippen molar-refractivity contribution >= 4 is 16.0 Å². The number of hydrogen-bond donors (Lipinski definition) is 3. The Labute approximate surface area is 116 Å². The molecule has 0 aromatic carbocycles. The second-order valence-corrected chi connectivity index (χ2v) is 6.70. The van der Waals surface area contributed by atoms with Crippen LogP contribution in [0.5, 0.6) is 0 Å². The van der Waals surface area contributed by atoms with Crippen molar-refractivity contribution in [3.05, 3.63) is 12.4 Å². The second-order valence-electron chi connectivity index (χ2n) is 5.02. The van der Waals surface area contributed by atoms with Crippen LogP contribution in [0.1, 0.15) is 25.7 Å². The Morgan fingerprint density at radius 2 is 2.10 bits per heavy atom. The van der Waals surface area contributed by atoms with Crippen molar-refractivity contribution in [3.63, 3.8) is 0 Å². The normalized spacial score (nSPS) is 18.2. The number of aliphatic carboxylic acids is 1. The Hall–Kier alpha value is -1.45. The number of aromatic nitrogens is 2. The van der Waals surface area contributed by atoms with Gasteiger partial charge in [0.2, 0.25) is 10.0 Å². The van der Waals surface area contributed by atoms with Gasteiger partial charge >= 0.3 is 5.97 Å². The first kappa shape index (κ1) is 14.9. The monoisotopic (exact) mass is 303 g/mol. The molecule has 20 heavy (non-hydrogen) atoms. The Morgan fingerprint density at radius 1 is 1.45 bits per heavy atom. The number of aliphatic hydroxyl groups is 1. The highest BCUT2D eigenvalue weighted by atomic mass is 32.2. The zero-order valence-electron chi connectivity index (χ0n) is 10.8. The minimum Gasteiger partial charge on any atom is -0.480 e. The van der Waals surface area contributed by atoms with E-state index in [4.69, 9.17) is 5.11 Å². The number of hydrogen-bond acceptors (Lipinski definition) is 5. The maximum atomic E-state index is 12.2. The molecule has 9 heteroatoms. The number of sulfonamides is 1. The molecule has 0 atom stereocenters. The first-order valence-electron chi connectivity index (χ1n) is 6.26. The van der Waals surface area contributed by atoms with Crippen molar-refractivity contribution in [1.29, 1.82) is 0 Å². The van der Waals surface area contributed by atoms with Crippen molar-refractivity contribution < 1.29 is 23.4 Å². The minimum absolute atomic E-state index is 0.0986. The molecule has 8 nitrogen and oxygen atoms in total. The number of carboxylic acid groups (broad SMARTS) is 1. The molecule has 0 spiro atoms. The Kier molecular flexibility index (Phi) is 4.11. The van der Waals surface area contributed by atoms with E-state index in [1.165, 1.54) is 0 Å². The van der Waals surface area contributed by atoms with E-state index in [-0.39, 0.29) is 11.5 Å². The summed E-state index contributed by atoms with van der Waals surface area (Å²) in [6.07, 6.45) is 5.17. The van der Waals surface area contributed by atoms with E-state index in [0.29, 0.717) is 12.8 Å². The zero-order valence-corrected chi connectivity index (χ0v) is 11.6. The summed E-state index contributed by atoms with van der Waals surface area (Å²) in [5.41, 5.74) is -0.812. The van der Waals surface area contributed by atoms with Crippen LogP contribution in [-0.2, 0) is 21.4 Å². The van der Waals surface area contributed by atoms with Gasteiger partial charge in [0.1, 0.15) is 11.4 Å². The summed E-state index contributed by atoms with van der Waals surface area (Å²) < 4.78 is 28.0. The molecule has 0 amide bonds. The predicted molar refractivity (Wildman–Crippen MR) is 68.5 cm³/mol. The number of nitrogens with one attached hydrogen (secondary N) is 1. The van der Waals surface area contributed by atoms with Crippen LogP contribution in [0.4, 0.5) is 0 Å². The Balaban J connectivity index is 2.17. The molecular weight excluding hydrogens is 286 g/mol. The average molecular weight is 303 g/mol. The summed E-state index contributed by atoms with van der Waals surface area (Å²) in [7, 11) is -3.82. The quantitative estimate of drug-likeness (QED) is 0.654. The highest BCUT2D eigenvalue weighted by molar-refractivity contribution is 7.89. The molecule has 112 valence electrons. The van der Waals surface area contributed by atoms with E-state index in [2.05, 4.69) is 9.82 Å². The molecule has 0 aliphatic heterocycles. The maximum absolute atomic E-state index is 12.2. The fourth-order valence-electron chi connectivity index (χ4n) is 2.40. The number of carbonyl (C=O) groups is 1. The molecule has 0 unspecified atom stereocenters. The molecule has 0 bridgehead atoms. The molecular formula is C11H17N3O5S. The summed E-state index contributed by atoms with van der Waals surface area (Å²) in [6.45, 7) is -0.657. The van der Waals surface area contributed by atoms with Gasteiger partial charge in [0.25, 0.3) is 0 Å². The molecule has 2 rings (SSSR count). The molecule has 1 saturated carbocycles. The SMILES string of the molecule is O=C(O)Cn1cc(S(=O)(=O)NC2(CO)CCCC2)cn1. The van der Waals surface area contributed by atoms with Crippen LogP contribution in [-0.4, -0.2) is 46.5 Å². The molecule has 3 N–H and O–H groups in total. The molecule has 1 heterocycles. The van der Waals surface area contributed by atoms with E-state index in [9.17, 15) is 18.3 Å². The van der Waals surface area contributed by atoms with Crippen LogP contribution in [0.3, 0.4) is 0 Å². The lowest BCUT2D eigenvalue weighted by atomic mass is 10.0. The van der Waals surface area contributed by atoms with Crippen molar-refractivity contribution in [3.8, 4) is 0 Å². The predicted octanol–water partition coefficient (Wildman–Crippen LogP) is -0.449. The third-order valence-electron chi connectivity index (χ3n) is 3.43. The number of nitrogens with zero attached hydrogens (tertiary/aromatic N) is 2. The van der Waals surface area contributed by atoms with Gasteiger partial charge in [-0.2, -0.15) is 5.10 Å². The van der Waals surface area contributed by atoms with Gasteiger partial charge in [0, 0.05) is 6.20 Å². The van der Waals surface area contributed by atoms with Crippen LogP contribution in [0.25, 0.3) is 0 Å². The van der Waals surface area contributed by atoms with E-state index < -0.39 is 28.1 Å². The second kappa shape index (κ2) is 5.51. The fourth-order valence-corrected chi connectivity index (χ4v) is 3.80. The van der Waals surface area contributed by atoms with Crippen LogP contribution in [0.15, 0.2) is 17.3 Å². The van der Waals surface area contributed by atoms with Crippen molar-refractivity contribution in [2.24, 2.45) is 0 Å². The lowest BCUT2D eigenvalue weighted by Gasteiger charge is -2.27. The maximum Gasteiger partial charge on any atom is 0.325 e. The molecule has 1 aromatic rings. The summed E-state index contributed by atoms with van der Waals surface area (Å²) >= 11 is 0. The first-order chi connectivity index (χ1) is 9.37. The van der Waals surface area contributed by atoms with Crippen LogP contribution < -0.4 is 4.72 Å². The lowest BCUT2D eigenvalue weighted by molar-refractivity contribution is -0.137. The van der Waals surface area contributed by atoms with Crippen molar-refractivity contribution in [1.82, 2.24) is 14.5 Å². The summed E-state index contributed by atoms with van der Waals surface area (Å²) in [5.74, 6) is -1.10. The van der Waals surface area contributed by atoms with Crippen LogP contribution in [0.2, 0.25) is 0 Å². The standard InChI is InChI=1S/C11H17N3O5S/c15-8-11(3-1-2-4-11)13-20(18,19)9-5-12-14(6-9)7-10(16)17/h5-6,13,15H,1-4,7-8H2,(H,16,17). The van der Waals surface area contributed by atoms with Gasteiger partial charge in [0.05, 0.1) is 18.3 Å². The summed E-state index contributed by atoms with van der Waals surface area (Å²) in [6, 6.07) is 0. The molecule has 1 fully saturated rings. The van der Waals surface area contributed by atoms with Gasteiger partial charge in [-0.15, -0.1) is 0 Å². The van der Waals surface area contributed by atoms with Crippen LogP contribution in [0, 0.1) is 0 Å². The van der Waals surface area contributed by atoms with Gasteiger partial charge < -0.3 is 10.2 Å². The summed E-state index contributed by atoms with van der Waals surface area (Å²) in [5, 5.41) is 21.8. The highest BCUT2D eigenvalue weighted by Gasteiger charge is 2.37. The minimum atomic E-state index is -3.82.